The number of β-amino-alcohol motifs (C(OH)–C–C–N with tert-alkyl or cyclic N) is 1. The summed E-state index contributed by atoms with van der Waals surface area (Å²) in [5, 5.41) is 18.4. The van der Waals surface area contributed by atoms with Crippen LogP contribution in [-0.2, 0) is 20.8 Å². The standard InChI is InChI=1S/C38H50N6O5/c1-38(2,3)43-37(49)32-20-26-14-7-8-15-27(26)22-44(32)23-33(45)30(19-24-11-5-4-6-12-24)41-36(48)31(21-34(39)46)42-35(47)29-18-17-25-13-9-10-16-28(25)40-29/h4-6,9-13,16-18,26-27,30-33,45H,7-8,14-15,19-23H2,1-3H3,(H2,39,46)(H,41,48)(H,42,47)(H,43,49)/t26-,27+,30-,31-,32-,33+/m0/s1/i1D3,2D3,3D3,9D,10D,13D,16D,17D,18D. The summed E-state index contributed by atoms with van der Waals surface area (Å²) in [5.74, 6) is -4.67. The number of benzene rings is 2. The maximum Gasteiger partial charge on any atom is 0.270 e. The Balaban J connectivity index is 1.47. The van der Waals surface area contributed by atoms with Gasteiger partial charge in [-0.1, -0.05) is 73.8 Å². The molecule has 1 aliphatic carbocycles. The first-order valence-electron chi connectivity index (χ1n) is 23.7. The Morgan fingerprint density at radius 1 is 1.04 bits per heavy atom. The minimum atomic E-state index is -3.72. The first-order valence-corrected chi connectivity index (χ1v) is 16.2. The molecule has 4 amide bonds. The second-order valence-electron chi connectivity index (χ2n) is 12.8. The highest BCUT2D eigenvalue weighted by molar-refractivity contribution is 5.99. The molecule has 1 aliphatic heterocycles. The third kappa shape index (κ3) is 9.86. The number of carbonyl (C=O) groups excluding carboxylic acids is 4. The van der Waals surface area contributed by atoms with Crippen molar-refractivity contribution in [2.75, 3.05) is 13.1 Å². The summed E-state index contributed by atoms with van der Waals surface area (Å²) in [6.07, 6.45) is 0.718. The summed E-state index contributed by atoms with van der Waals surface area (Å²) in [4.78, 5) is 59.8. The zero-order valence-electron chi connectivity index (χ0n) is 41.8. The number of aliphatic hydroxyl groups is 1. The minimum absolute atomic E-state index is 0.00429. The van der Waals surface area contributed by atoms with E-state index in [0.717, 1.165) is 19.3 Å². The quantitative estimate of drug-likeness (QED) is 0.195. The number of nitrogens with two attached hydrogens (primary N) is 1. The number of piperidine rings is 1. The summed E-state index contributed by atoms with van der Waals surface area (Å²) < 4.78 is 122. The van der Waals surface area contributed by atoms with Crippen LogP contribution in [0.25, 0.3) is 10.9 Å². The van der Waals surface area contributed by atoms with Gasteiger partial charge in [-0.15, -0.1) is 0 Å². The zero-order chi connectivity index (χ0) is 47.9. The number of pyridine rings is 1. The van der Waals surface area contributed by atoms with Crippen LogP contribution in [0.3, 0.4) is 0 Å². The Morgan fingerprint density at radius 3 is 2.51 bits per heavy atom. The van der Waals surface area contributed by atoms with Crippen molar-refractivity contribution in [1.29, 1.82) is 0 Å². The number of para-hydroxylation sites is 1. The number of nitrogens with zero attached hydrogens (tertiary/aromatic N) is 2. The van der Waals surface area contributed by atoms with Gasteiger partial charge in [0, 0.05) is 36.4 Å². The van der Waals surface area contributed by atoms with Gasteiger partial charge in [0.2, 0.25) is 17.7 Å². The lowest BCUT2D eigenvalue weighted by Crippen LogP contribution is -2.61. The molecule has 262 valence electrons. The van der Waals surface area contributed by atoms with Crippen LogP contribution in [0.15, 0.2) is 66.6 Å². The molecule has 2 fully saturated rings. The van der Waals surface area contributed by atoms with Crippen molar-refractivity contribution in [3.63, 3.8) is 0 Å². The molecular weight excluding hydrogens is 620 g/mol. The second-order valence-corrected chi connectivity index (χ2v) is 12.8. The van der Waals surface area contributed by atoms with E-state index in [-0.39, 0.29) is 31.2 Å². The van der Waals surface area contributed by atoms with Crippen LogP contribution in [0.1, 0.15) is 95.7 Å². The molecule has 2 heterocycles. The summed E-state index contributed by atoms with van der Waals surface area (Å²) in [7, 11) is 0. The van der Waals surface area contributed by atoms with E-state index in [2.05, 4.69) is 15.6 Å². The zero-order valence-corrected chi connectivity index (χ0v) is 26.8. The van der Waals surface area contributed by atoms with Crippen LogP contribution in [0.2, 0.25) is 0 Å². The number of fused-ring (bicyclic) bond motifs is 2. The van der Waals surface area contributed by atoms with E-state index in [1.54, 1.807) is 30.3 Å². The van der Waals surface area contributed by atoms with Gasteiger partial charge in [0.25, 0.3) is 5.91 Å². The number of rotatable bonds is 12. The fourth-order valence-corrected chi connectivity index (χ4v) is 6.73. The monoisotopic (exact) mass is 685 g/mol. The molecule has 1 aromatic heterocycles. The van der Waals surface area contributed by atoms with E-state index < -0.39 is 140 Å². The number of primary amides is 1. The van der Waals surface area contributed by atoms with Gasteiger partial charge in [-0.2, -0.15) is 0 Å². The molecule has 0 unspecified atom stereocenters. The molecule has 2 aliphatic rings. The second kappa shape index (κ2) is 15.9. The van der Waals surface area contributed by atoms with Crippen LogP contribution in [0.4, 0.5) is 0 Å². The molecule has 0 radical (unpaired) electrons. The van der Waals surface area contributed by atoms with Gasteiger partial charge in [0.1, 0.15) is 11.7 Å². The number of aliphatic hydroxyl groups excluding tert-OH is 1. The number of amides is 4. The average molecular weight is 686 g/mol. The van der Waals surface area contributed by atoms with Gasteiger partial charge in [-0.3, -0.25) is 24.1 Å². The molecule has 2 aromatic carbocycles. The summed E-state index contributed by atoms with van der Waals surface area (Å²) in [6, 6.07) is -0.272. The van der Waals surface area contributed by atoms with Crippen LogP contribution in [-0.4, -0.2) is 81.5 Å². The van der Waals surface area contributed by atoms with E-state index in [4.69, 9.17) is 26.3 Å². The van der Waals surface area contributed by atoms with Gasteiger partial charge < -0.3 is 26.8 Å². The molecular formula is C38H50N6O5. The third-order valence-electron chi connectivity index (χ3n) is 9.07. The Hall–Kier alpha value is -4.35. The molecule has 0 bridgehead atoms. The average Bonchev–Trinajstić information content (AvgIpc) is 3.19. The van der Waals surface area contributed by atoms with E-state index in [1.165, 1.54) is 4.90 Å². The van der Waals surface area contributed by atoms with Crippen LogP contribution >= 0.6 is 0 Å². The number of hydrogen-bond acceptors (Lipinski definition) is 7. The molecule has 0 spiro atoms. The Kier molecular flexibility index (Phi) is 6.82. The predicted molar refractivity (Wildman–Crippen MR) is 188 cm³/mol. The van der Waals surface area contributed by atoms with Crippen LogP contribution in [0, 0.1) is 11.8 Å². The highest BCUT2D eigenvalue weighted by Crippen LogP contribution is 2.39. The SMILES string of the molecule is [2H]c1c([2H])c([2H])c2c([2H])c([2H])c(C(=O)N[C@@H](CC(N)=O)C(=O)N[C@@H](Cc3ccccc3)[C@H](O)CN3C[C@H]4CCCC[C@H]4C[C@H]3C(=O)NC(C([2H])([2H])[2H])(C([2H])([2H])[2H])C([2H])([2H])[2H])nc2c1[2H]. The minimum Gasteiger partial charge on any atom is -0.390 e. The summed E-state index contributed by atoms with van der Waals surface area (Å²) in [6.45, 7) is -11.4. The fraction of sp³-hybridized carbons (Fsp3) is 0.500. The number of likely N-dealkylation sites (tertiary alicyclic amines) is 1. The molecule has 11 heteroatoms. The lowest BCUT2D eigenvalue weighted by molar-refractivity contribution is -0.133. The first kappa shape index (κ1) is 21.0. The van der Waals surface area contributed by atoms with E-state index in [9.17, 15) is 24.3 Å². The molecule has 5 rings (SSSR count). The van der Waals surface area contributed by atoms with Crippen molar-refractivity contribution in [3.05, 3.63) is 77.8 Å². The highest BCUT2D eigenvalue weighted by atomic mass is 16.3. The van der Waals surface area contributed by atoms with Crippen LogP contribution in [0.5, 0.6) is 0 Å². The summed E-state index contributed by atoms with van der Waals surface area (Å²) >= 11 is 0. The number of nitrogens with one attached hydrogen (secondary N) is 3. The first-order chi connectivity index (χ1) is 29.6. The lowest BCUT2D eigenvalue weighted by Gasteiger charge is -2.47. The third-order valence-corrected chi connectivity index (χ3v) is 9.07. The predicted octanol–water partition coefficient (Wildman–Crippen LogP) is 3.09. The topological polar surface area (TPSA) is 167 Å². The Bertz CT molecular complexity index is 2220. The van der Waals surface area contributed by atoms with E-state index in [1.807, 2.05) is 5.32 Å². The van der Waals surface area contributed by atoms with Crippen molar-refractivity contribution in [1.82, 2.24) is 25.8 Å². The largest absolute Gasteiger partial charge is 0.390 e. The van der Waals surface area contributed by atoms with Crippen molar-refractivity contribution in [2.45, 2.75) is 95.3 Å². The van der Waals surface area contributed by atoms with Gasteiger partial charge in [0.15, 0.2) is 0 Å². The van der Waals surface area contributed by atoms with Gasteiger partial charge in [0.05, 0.1) is 38.3 Å². The number of aromatic nitrogens is 1. The Morgan fingerprint density at radius 2 is 1.78 bits per heavy atom. The maximum absolute atomic E-state index is 14.2. The molecule has 11 nitrogen and oxygen atoms in total. The maximum atomic E-state index is 14.2. The fourth-order valence-electron chi connectivity index (χ4n) is 6.73. The molecule has 1 saturated heterocycles. The molecule has 6 atom stereocenters. The van der Waals surface area contributed by atoms with Crippen molar-refractivity contribution in [2.24, 2.45) is 17.6 Å². The van der Waals surface area contributed by atoms with Gasteiger partial charge >= 0.3 is 0 Å². The van der Waals surface area contributed by atoms with Crippen molar-refractivity contribution in [3.8, 4) is 0 Å². The van der Waals surface area contributed by atoms with Crippen LogP contribution < -0.4 is 21.7 Å². The van der Waals surface area contributed by atoms with E-state index in [0.29, 0.717) is 12.0 Å². The Labute approximate surface area is 309 Å². The molecule has 3 aromatic rings. The number of carbonyl (C=O) groups is 4. The number of hydrogen-bond donors (Lipinski definition) is 5. The van der Waals surface area contributed by atoms with E-state index >= 15 is 0 Å². The van der Waals surface area contributed by atoms with Crippen molar-refractivity contribution < 1.29 is 44.8 Å². The normalized spacial score (nSPS) is 26.7. The lowest BCUT2D eigenvalue weighted by atomic mass is 9.72. The molecule has 6 N–H and O–H groups in total. The molecule has 49 heavy (non-hydrogen) atoms. The summed E-state index contributed by atoms with van der Waals surface area (Å²) in [5.41, 5.74) is 1.10. The molecule has 1 saturated carbocycles. The van der Waals surface area contributed by atoms with Gasteiger partial charge in [-0.25, -0.2) is 4.98 Å². The van der Waals surface area contributed by atoms with Crippen molar-refractivity contribution >= 4 is 34.5 Å². The highest BCUT2D eigenvalue weighted by Gasteiger charge is 2.42. The van der Waals surface area contributed by atoms with Gasteiger partial charge in [-0.05, 0) is 69.3 Å². The smallest absolute Gasteiger partial charge is 0.270 e.